The first-order chi connectivity index (χ1) is 36.4. The lowest BCUT2D eigenvalue weighted by Gasteiger charge is -2.30. The van der Waals surface area contributed by atoms with Gasteiger partial charge in [-0.25, -0.2) is 0 Å². The molecule has 0 aliphatic carbocycles. The summed E-state index contributed by atoms with van der Waals surface area (Å²) in [6, 6.07) is -0.898. The number of phosphoric ester groups is 1. The van der Waals surface area contributed by atoms with Gasteiger partial charge in [0.25, 0.3) is 7.82 Å². The van der Waals surface area contributed by atoms with E-state index in [1.165, 1.54) is 173 Å². The van der Waals surface area contributed by atoms with Gasteiger partial charge < -0.3 is 28.5 Å². The molecule has 75 heavy (non-hydrogen) atoms. The molecule has 438 valence electrons. The topological polar surface area (TPSA) is 114 Å². The van der Waals surface area contributed by atoms with Crippen molar-refractivity contribution in [1.29, 1.82) is 0 Å². The van der Waals surface area contributed by atoms with Crippen molar-refractivity contribution in [3.63, 3.8) is 0 Å². The van der Waals surface area contributed by atoms with Crippen molar-refractivity contribution >= 4 is 19.7 Å². The molecule has 0 aliphatic heterocycles. The van der Waals surface area contributed by atoms with Gasteiger partial charge in [-0.05, 0) is 76.7 Å². The van der Waals surface area contributed by atoms with Gasteiger partial charge in [0.05, 0.1) is 33.8 Å². The summed E-state index contributed by atoms with van der Waals surface area (Å²) >= 11 is 0. The number of amides is 1. The molecule has 0 saturated carbocycles. The van der Waals surface area contributed by atoms with Crippen LogP contribution in [-0.2, 0) is 27.9 Å². The zero-order chi connectivity index (χ0) is 55.0. The Bertz CT molecular complexity index is 1470. The summed E-state index contributed by atoms with van der Waals surface area (Å²) in [5, 5.41) is 3.01. The number of carbonyl (C=O) groups is 2. The molecule has 0 aromatic carbocycles. The first-order valence-electron chi connectivity index (χ1n) is 31.6. The molecule has 3 atom stereocenters. The Morgan fingerprint density at radius 1 is 0.480 bits per heavy atom. The zero-order valence-electron chi connectivity index (χ0n) is 50.0. The Labute approximate surface area is 464 Å². The van der Waals surface area contributed by atoms with Crippen LogP contribution in [0.4, 0.5) is 0 Å². The minimum absolute atomic E-state index is 0.0272. The second-order valence-electron chi connectivity index (χ2n) is 22.6. The second kappa shape index (κ2) is 55.0. The predicted molar refractivity (Wildman–Crippen MR) is 321 cm³/mol. The van der Waals surface area contributed by atoms with Crippen molar-refractivity contribution < 1.29 is 37.3 Å². The molecule has 0 aromatic rings. The van der Waals surface area contributed by atoms with E-state index in [2.05, 4.69) is 68.6 Å². The summed E-state index contributed by atoms with van der Waals surface area (Å²) in [6.07, 6.45) is 69.2. The fourth-order valence-electron chi connectivity index (χ4n) is 9.11. The molecular weight excluding hydrogens is 952 g/mol. The molecule has 3 unspecified atom stereocenters. The van der Waals surface area contributed by atoms with Crippen LogP contribution in [-0.4, -0.2) is 69.4 Å². The number of hydrogen-bond donors (Lipinski definition) is 1. The van der Waals surface area contributed by atoms with E-state index in [1.54, 1.807) is 0 Å². The SMILES string of the molecule is CC/C=C/C=C/C=C\CCCCCCCC(=O)NC(COP(=O)([O-])OCC[N+](C)(C)C)C(/C=C\CCCCCCCCCCC)OC(=O)CCCCCCCCCCCCCCCCC/C=C/CCCCCCCC. The maximum absolute atomic E-state index is 13.5. The lowest BCUT2D eigenvalue weighted by atomic mass is 10.0. The Morgan fingerprint density at radius 3 is 1.31 bits per heavy atom. The summed E-state index contributed by atoms with van der Waals surface area (Å²) in [5.74, 6) is -0.559. The summed E-state index contributed by atoms with van der Waals surface area (Å²) in [5.41, 5.74) is 0. The van der Waals surface area contributed by atoms with Crippen LogP contribution in [0.3, 0.4) is 0 Å². The standard InChI is InChI=1S/C65H121N2O7P/c1-7-10-13-16-19-22-25-27-28-29-30-31-32-33-34-35-36-37-38-40-43-46-49-52-55-58-65(69)74-63(56-53-50-47-44-41-24-21-18-15-12-9-3)62(61-73-75(70,71)72-60-59-67(4,5)6)66-64(68)57-54-51-48-45-42-39-26-23-20-17-14-11-8-2/h11,14,17,20,23,26-28,53,56,62-63H,7-10,12-13,15-16,18-19,21-22,24-25,29-52,54-55,57-61H2,1-6H3,(H-,66,68,70,71)/b14-11+,20-17+,26-23-,28-27+,56-53-. The Balaban J connectivity index is 5.05. The van der Waals surface area contributed by atoms with E-state index in [1.807, 2.05) is 39.4 Å². The van der Waals surface area contributed by atoms with E-state index in [0.717, 1.165) is 77.0 Å². The second-order valence-corrected chi connectivity index (χ2v) is 24.0. The van der Waals surface area contributed by atoms with E-state index in [4.69, 9.17) is 13.8 Å². The highest BCUT2D eigenvalue weighted by Crippen LogP contribution is 2.38. The molecule has 1 amide bonds. The third-order valence-corrected chi connectivity index (χ3v) is 15.0. The third-order valence-electron chi connectivity index (χ3n) is 14.0. The number of nitrogens with one attached hydrogen (secondary N) is 1. The molecule has 0 radical (unpaired) electrons. The number of allylic oxidation sites excluding steroid dienone is 9. The summed E-state index contributed by atoms with van der Waals surface area (Å²) in [7, 11) is 1.17. The maximum Gasteiger partial charge on any atom is 0.306 e. The highest BCUT2D eigenvalue weighted by molar-refractivity contribution is 7.45. The summed E-state index contributed by atoms with van der Waals surface area (Å²) < 4.78 is 30.3. The molecule has 0 bridgehead atoms. The molecule has 1 N–H and O–H groups in total. The molecule has 0 aliphatic rings. The fourth-order valence-corrected chi connectivity index (χ4v) is 9.83. The number of unbranched alkanes of at least 4 members (excludes halogenated alkanes) is 35. The molecule has 0 fully saturated rings. The van der Waals surface area contributed by atoms with Crippen LogP contribution in [0, 0.1) is 0 Å². The van der Waals surface area contributed by atoms with Gasteiger partial charge in [-0.2, -0.15) is 0 Å². The average molecular weight is 1070 g/mol. The number of hydrogen-bond acceptors (Lipinski definition) is 7. The zero-order valence-corrected chi connectivity index (χ0v) is 50.9. The lowest BCUT2D eigenvalue weighted by molar-refractivity contribution is -0.870. The van der Waals surface area contributed by atoms with E-state index in [-0.39, 0.29) is 24.9 Å². The van der Waals surface area contributed by atoms with Crippen molar-refractivity contribution in [2.24, 2.45) is 0 Å². The molecule has 0 rings (SSSR count). The minimum Gasteiger partial charge on any atom is -0.756 e. The van der Waals surface area contributed by atoms with E-state index < -0.39 is 26.6 Å². The van der Waals surface area contributed by atoms with Crippen LogP contribution in [0.1, 0.15) is 290 Å². The van der Waals surface area contributed by atoms with Crippen molar-refractivity contribution in [2.45, 2.75) is 303 Å². The van der Waals surface area contributed by atoms with Crippen LogP contribution in [0.15, 0.2) is 60.8 Å². The van der Waals surface area contributed by atoms with E-state index in [0.29, 0.717) is 23.9 Å². The van der Waals surface area contributed by atoms with E-state index >= 15 is 0 Å². The fraction of sp³-hybridized carbons (Fsp3) is 0.815. The summed E-state index contributed by atoms with van der Waals surface area (Å²) in [4.78, 5) is 39.9. The van der Waals surface area contributed by atoms with Crippen LogP contribution < -0.4 is 10.2 Å². The number of ether oxygens (including phenoxy) is 1. The number of nitrogens with zero attached hydrogens (tertiary/aromatic N) is 1. The van der Waals surface area contributed by atoms with Crippen molar-refractivity contribution in [1.82, 2.24) is 5.32 Å². The molecule has 0 spiro atoms. The van der Waals surface area contributed by atoms with Gasteiger partial charge in [0.1, 0.15) is 19.3 Å². The van der Waals surface area contributed by atoms with E-state index in [9.17, 15) is 19.0 Å². The van der Waals surface area contributed by atoms with Gasteiger partial charge in [-0.15, -0.1) is 0 Å². The maximum atomic E-state index is 13.5. The van der Waals surface area contributed by atoms with Gasteiger partial charge in [0, 0.05) is 12.8 Å². The van der Waals surface area contributed by atoms with Gasteiger partial charge in [0.15, 0.2) is 0 Å². The quantitative estimate of drug-likeness (QED) is 0.0161. The molecular formula is C65H121N2O7P. The molecule has 0 aromatic heterocycles. The third kappa shape index (κ3) is 56.2. The number of esters is 1. The lowest BCUT2D eigenvalue weighted by Crippen LogP contribution is -2.47. The number of rotatable bonds is 57. The van der Waals surface area contributed by atoms with Crippen molar-refractivity contribution in [3.05, 3.63) is 60.8 Å². The van der Waals surface area contributed by atoms with Crippen molar-refractivity contribution in [2.75, 3.05) is 40.9 Å². The number of carbonyl (C=O) groups excluding carboxylic acids is 2. The normalized spacial score (nSPS) is 14.1. The largest absolute Gasteiger partial charge is 0.756 e. The number of phosphoric acid groups is 1. The van der Waals surface area contributed by atoms with Crippen LogP contribution in [0.5, 0.6) is 0 Å². The highest BCUT2D eigenvalue weighted by Gasteiger charge is 2.27. The average Bonchev–Trinajstić information content (AvgIpc) is 3.37. The first-order valence-corrected chi connectivity index (χ1v) is 33.1. The van der Waals surface area contributed by atoms with Gasteiger partial charge in [-0.1, -0.05) is 262 Å². The first kappa shape index (κ1) is 72.7. The van der Waals surface area contributed by atoms with Crippen LogP contribution in [0.25, 0.3) is 0 Å². The smallest absolute Gasteiger partial charge is 0.306 e. The predicted octanol–water partition coefficient (Wildman–Crippen LogP) is 18.8. The Hall–Kier alpha value is -2.29. The number of likely N-dealkylation sites (N-methyl/N-ethyl adjacent to an activating group) is 1. The Morgan fingerprint density at radius 2 is 0.867 bits per heavy atom. The van der Waals surface area contributed by atoms with Crippen LogP contribution in [0.2, 0.25) is 0 Å². The molecule has 10 heteroatoms. The highest BCUT2D eigenvalue weighted by atomic mass is 31.2. The molecule has 0 saturated heterocycles. The van der Waals surface area contributed by atoms with Crippen molar-refractivity contribution in [3.8, 4) is 0 Å². The minimum atomic E-state index is -4.70. The Kier molecular flexibility index (Phi) is 53.4. The summed E-state index contributed by atoms with van der Waals surface area (Å²) in [6.45, 7) is 6.70. The van der Waals surface area contributed by atoms with Gasteiger partial charge in [0.2, 0.25) is 5.91 Å². The van der Waals surface area contributed by atoms with Gasteiger partial charge in [-0.3, -0.25) is 14.2 Å². The van der Waals surface area contributed by atoms with Gasteiger partial charge >= 0.3 is 5.97 Å². The molecule has 9 nitrogen and oxygen atoms in total. The number of quaternary nitrogens is 1. The monoisotopic (exact) mass is 1070 g/mol. The molecule has 0 heterocycles. The van der Waals surface area contributed by atoms with Crippen LogP contribution >= 0.6 is 7.82 Å².